The minimum Gasteiger partial charge on any atom is -0.482 e. The van der Waals surface area contributed by atoms with Gasteiger partial charge in [-0.2, -0.15) is 0 Å². The van der Waals surface area contributed by atoms with Crippen molar-refractivity contribution in [3.8, 4) is 5.75 Å². The van der Waals surface area contributed by atoms with Gasteiger partial charge in [0.1, 0.15) is 12.4 Å². The molecule has 1 atom stereocenters. The molecule has 0 heterocycles. The summed E-state index contributed by atoms with van der Waals surface area (Å²) in [5.74, 6) is -4.55. The monoisotopic (exact) mass is 459 g/mol. The van der Waals surface area contributed by atoms with Crippen molar-refractivity contribution in [1.29, 1.82) is 0 Å². The quantitative estimate of drug-likeness (QED) is 0.281. The fraction of sp³-hybridized carbons (Fsp3) is 0.455. The molecule has 0 aliphatic rings. The highest BCUT2D eigenvalue weighted by molar-refractivity contribution is 5.96. The van der Waals surface area contributed by atoms with Crippen LogP contribution in [0.1, 0.15) is 46.2 Å². The normalized spacial score (nSPS) is 13.5. The van der Waals surface area contributed by atoms with E-state index in [1.807, 2.05) is 13.8 Å². The first kappa shape index (κ1) is 27.0. The van der Waals surface area contributed by atoms with Crippen LogP contribution in [0, 0.1) is 23.5 Å². The third kappa shape index (κ3) is 8.60. The minimum absolute atomic E-state index is 0.0315. The predicted octanol–water partition coefficient (Wildman–Crippen LogP) is 3.94. The molecule has 0 saturated heterocycles. The van der Waals surface area contributed by atoms with Crippen molar-refractivity contribution in [2.75, 3.05) is 6.61 Å². The molecule has 0 fully saturated rings. The fourth-order valence-electron chi connectivity index (χ4n) is 2.52. The molecule has 32 heavy (non-hydrogen) atoms. The molecule has 0 spiro atoms. The number of carbonyl (C=O) groups excluding carboxylic acids is 2. The zero-order chi connectivity index (χ0) is 24.6. The molecule has 6 nitrogen and oxygen atoms in total. The second-order valence-electron chi connectivity index (χ2n) is 7.82. The molecular formula is C22H29F4N3O3. The van der Waals surface area contributed by atoms with Gasteiger partial charge in [0, 0.05) is 11.5 Å². The Labute approximate surface area is 184 Å². The number of ether oxygens (including phenoxy) is 1. The Morgan fingerprint density at radius 3 is 2.12 bits per heavy atom. The van der Waals surface area contributed by atoms with Crippen LogP contribution in [0.2, 0.25) is 0 Å². The van der Waals surface area contributed by atoms with Crippen LogP contribution in [-0.2, 0) is 9.59 Å². The maximum absolute atomic E-state index is 14.1. The molecular weight excluding hydrogens is 430 g/mol. The number of alkyl halides is 2. The van der Waals surface area contributed by atoms with E-state index in [9.17, 15) is 27.2 Å². The summed E-state index contributed by atoms with van der Waals surface area (Å²) in [6.45, 7) is 7.37. The molecule has 2 amide bonds. The highest BCUT2D eigenvalue weighted by atomic mass is 19.3. The predicted molar refractivity (Wildman–Crippen MR) is 113 cm³/mol. The van der Waals surface area contributed by atoms with E-state index in [1.165, 1.54) is 13.0 Å². The maximum Gasteiger partial charge on any atom is 0.272 e. The number of nitrogens with two attached hydrogens (primary N) is 1. The Morgan fingerprint density at radius 2 is 1.66 bits per heavy atom. The van der Waals surface area contributed by atoms with E-state index in [-0.39, 0.29) is 34.7 Å². The first-order valence-corrected chi connectivity index (χ1v) is 10.0. The number of hydrogen-bond acceptors (Lipinski definition) is 4. The summed E-state index contributed by atoms with van der Waals surface area (Å²) in [5, 5.41) is 5.07. The number of halogens is 4. The van der Waals surface area contributed by atoms with Crippen LogP contribution < -0.4 is 21.1 Å². The second kappa shape index (κ2) is 12.1. The topological polar surface area (TPSA) is 93.5 Å². The van der Waals surface area contributed by atoms with Gasteiger partial charge >= 0.3 is 0 Å². The summed E-state index contributed by atoms with van der Waals surface area (Å²) < 4.78 is 57.2. The Balaban J connectivity index is 3.05. The lowest BCUT2D eigenvalue weighted by molar-refractivity contribution is -0.123. The molecule has 1 rings (SSSR count). The lowest BCUT2D eigenvalue weighted by Gasteiger charge is -2.17. The van der Waals surface area contributed by atoms with Gasteiger partial charge in [0.05, 0.1) is 6.04 Å². The molecule has 0 aliphatic heterocycles. The first-order valence-electron chi connectivity index (χ1n) is 10.0. The molecule has 4 N–H and O–H groups in total. The number of allylic oxidation sites excluding steroid dienone is 1. The minimum atomic E-state index is -2.89. The third-order valence-corrected chi connectivity index (χ3v) is 4.10. The van der Waals surface area contributed by atoms with Gasteiger partial charge in [0.2, 0.25) is 5.91 Å². The van der Waals surface area contributed by atoms with Crippen molar-refractivity contribution >= 4 is 11.8 Å². The van der Waals surface area contributed by atoms with Gasteiger partial charge in [0.15, 0.2) is 17.4 Å². The molecule has 0 radical (unpaired) electrons. The van der Waals surface area contributed by atoms with E-state index >= 15 is 0 Å². The summed E-state index contributed by atoms with van der Waals surface area (Å²) in [7, 11) is 0. The standard InChI is InChI=1S/C22H29F4N3O3/c1-11(2)6-15(9-19(27)29-21(30)12(3)4)22(31)28-13(5)14-7-16(23)20(17(24)8-14)32-10-18(25)26/h6-9,11-13,18H,10,27H2,1-5H3,(H,28,31)(H,29,30)/b15-6+,19-9+. The molecule has 0 saturated carbocycles. The average molecular weight is 459 g/mol. The van der Waals surface area contributed by atoms with Crippen LogP contribution in [0.5, 0.6) is 5.75 Å². The molecule has 0 bridgehead atoms. The lowest BCUT2D eigenvalue weighted by atomic mass is 10.0. The number of benzene rings is 1. The molecule has 10 heteroatoms. The van der Waals surface area contributed by atoms with Gasteiger partial charge in [-0.15, -0.1) is 0 Å². The number of hydrogen-bond donors (Lipinski definition) is 3. The smallest absolute Gasteiger partial charge is 0.272 e. The van der Waals surface area contributed by atoms with Crippen molar-refractivity contribution in [2.45, 2.75) is 47.1 Å². The molecule has 1 aromatic carbocycles. The van der Waals surface area contributed by atoms with Crippen molar-refractivity contribution in [1.82, 2.24) is 10.6 Å². The average Bonchev–Trinajstić information content (AvgIpc) is 2.65. The van der Waals surface area contributed by atoms with E-state index in [0.29, 0.717) is 0 Å². The first-order chi connectivity index (χ1) is 14.8. The van der Waals surface area contributed by atoms with Gasteiger partial charge in [-0.05, 0) is 36.6 Å². The summed E-state index contributed by atoms with van der Waals surface area (Å²) in [4.78, 5) is 24.5. The van der Waals surface area contributed by atoms with Crippen LogP contribution >= 0.6 is 0 Å². The Hall–Kier alpha value is -3.04. The van der Waals surface area contributed by atoms with Crippen molar-refractivity contribution in [2.24, 2.45) is 17.6 Å². The third-order valence-electron chi connectivity index (χ3n) is 4.10. The van der Waals surface area contributed by atoms with Crippen molar-refractivity contribution in [3.05, 3.63) is 52.9 Å². The van der Waals surface area contributed by atoms with Gasteiger partial charge in [-0.25, -0.2) is 17.6 Å². The van der Waals surface area contributed by atoms with Crippen LogP contribution in [-0.4, -0.2) is 24.8 Å². The van der Waals surface area contributed by atoms with Crippen LogP contribution in [0.3, 0.4) is 0 Å². The maximum atomic E-state index is 14.1. The second-order valence-corrected chi connectivity index (χ2v) is 7.82. The van der Waals surface area contributed by atoms with E-state index in [2.05, 4.69) is 15.4 Å². The SMILES string of the molecule is CC(C)/C=C(\C=C(/N)NC(=O)C(C)C)C(=O)NC(C)c1cc(F)c(OCC(F)F)c(F)c1. The van der Waals surface area contributed by atoms with E-state index in [1.54, 1.807) is 19.9 Å². The number of nitrogens with one attached hydrogen (secondary N) is 2. The Bertz CT molecular complexity index is 860. The van der Waals surface area contributed by atoms with Crippen LogP contribution in [0.15, 0.2) is 35.7 Å². The van der Waals surface area contributed by atoms with Crippen molar-refractivity contribution in [3.63, 3.8) is 0 Å². The summed E-state index contributed by atoms with van der Waals surface area (Å²) in [5.41, 5.74) is 6.02. The van der Waals surface area contributed by atoms with Gasteiger partial charge in [0.25, 0.3) is 12.3 Å². The summed E-state index contributed by atoms with van der Waals surface area (Å²) in [6, 6.07) is 0.952. The lowest BCUT2D eigenvalue weighted by Crippen LogP contribution is -2.32. The number of rotatable bonds is 10. The Kier molecular flexibility index (Phi) is 10.2. The summed E-state index contributed by atoms with van der Waals surface area (Å²) in [6.07, 6.45) is 0.0209. The molecule has 1 unspecified atom stereocenters. The van der Waals surface area contributed by atoms with Gasteiger partial charge < -0.3 is 21.1 Å². The highest BCUT2D eigenvalue weighted by Gasteiger charge is 2.20. The molecule has 0 aliphatic carbocycles. The molecule has 0 aromatic heterocycles. The molecule has 178 valence electrons. The number of carbonyl (C=O) groups is 2. The summed E-state index contributed by atoms with van der Waals surface area (Å²) >= 11 is 0. The van der Waals surface area contributed by atoms with Crippen molar-refractivity contribution < 1.29 is 31.9 Å². The van der Waals surface area contributed by atoms with E-state index in [0.717, 1.165) is 12.1 Å². The highest BCUT2D eigenvalue weighted by Crippen LogP contribution is 2.27. The molecule has 1 aromatic rings. The van der Waals surface area contributed by atoms with E-state index < -0.39 is 42.4 Å². The fourth-order valence-corrected chi connectivity index (χ4v) is 2.52. The van der Waals surface area contributed by atoms with E-state index in [4.69, 9.17) is 5.73 Å². The van der Waals surface area contributed by atoms with Gasteiger partial charge in [-0.3, -0.25) is 9.59 Å². The van der Waals surface area contributed by atoms with Gasteiger partial charge in [-0.1, -0.05) is 33.8 Å². The van der Waals surface area contributed by atoms with Crippen LogP contribution in [0.25, 0.3) is 0 Å². The Morgan fingerprint density at radius 1 is 1.09 bits per heavy atom. The number of amides is 2. The van der Waals surface area contributed by atoms with Crippen LogP contribution in [0.4, 0.5) is 17.6 Å². The zero-order valence-corrected chi connectivity index (χ0v) is 18.6. The largest absolute Gasteiger partial charge is 0.482 e. The zero-order valence-electron chi connectivity index (χ0n) is 18.6.